The van der Waals surface area contributed by atoms with Gasteiger partial charge in [-0.25, -0.2) is 0 Å². The summed E-state index contributed by atoms with van der Waals surface area (Å²) in [5.41, 5.74) is 0.863. The summed E-state index contributed by atoms with van der Waals surface area (Å²) in [7, 11) is 0. The Morgan fingerprint density at radius 1 is 1.00 bits per heavy atom. The van der Waals surface area contributed by atoms with Gasteiger partial charge in [0.2, 0.25) is 5.91 Å². The molecule has 4 rings (SSSR count). The molecule has 4 nitrogen and oxygen atoms in total. The van der Waals surface area contributed by atoms with Gasteiger partial charge in [0.25, 0.3) is 0 Å². The van der Waals surface area contributed by atoms with Crippen molar-refractivity contribution in [1.82, 2.24) is 5.32 Å². The molecule has 2 unspecified atom stereocenters. The van der Waals surface area contributed by atoms with Crippen LogP contribution in [0.25, 0.3) is 0 Å². The van der Waals surface area contributed by atoms with Gasteiger partial charge in [0.15, 0.2) is 0 Å². The van der Waals surface area contributed by atoms with Crippen LogP contribution in [0.1, 0.15) is 98.3 Å². The number of hydrogen-bond acceptors (Lipinski definition) is 2. The van der Waals surface area contributed by atoms with Crippen molar-refractivity contribution in [2.45, 2.75) is 104 Å². The standard InChI is InChI=1S/C26H43NO3/c1-16(5-10-24(29)30)21-8-9-22-20-7-6-18-15-19(27-17(2)28)11-13-25(18,3)23(20)12-14-26(21,22)4/h16,18-23H,5-15H2,1-4H3,(H,27,28)(H,29,30)/t16-,18?,19+,20+,21-,22+,23+,25?,26-/m1/s1. The fraction of sp³-hybridized carbons (Fsp3) is 0.923. The summed E-state index contributed by atoms with van der Waals surface area (Å²) < 4.78 is 0. The zero-order chi connectivity index (χ0) is 21.7. The molecule has 4 heteroatoms. The minimum atomic E-state index is -0.647. The van der Waals surface area contributed by atoms with E-state index < -0.39 is 5.97 Å². The average molecular weight is 418 g/mol. The predicted octanol–water partition coefficient (Wildman–Crippen LogP) is 5.65. The molecule has 2 N–H and O–H groups in total. The molecule has 4 aliphatic rings. The van der Waals surface area contributed by atoms with Gasteiger partial charge in [-0.15, -0.1) is 0 Å². The molecule has 4 saturated carbocycles. The summed E-state index contributed by atoms with van der Waals surface area (Å²) in [5, 5.41) is 12.3. The fourth-order valence-corrected chi connectivity index (χ4v) is 9.20. The normalized spacial score (nSPS) is 46.3. The molecular formula is C26H43NO3. The summed E-state index contributed by atoms with van der Waals surface area (Å²) in [5.74, 6) is 4.00. The van der Waals surface area contributed by atoms with Crippen molar-refractivity contribution in [2.75, 3.05) is 0 Å². The number of hydrogen-bond donors (Lipinski definition) is 2. The number of carbonyl (C=O) groups excluding carboxylic acids is 1. The van der Waals surface area contributed by atoms with Crippen molar-refractivity contribution in [3.8, 4) is 0 Å². The first-order chi connectivity index (χ1) is 14.1. The second-order valence-electron chi connectivity index (χ2n) is 12.0. The topological polar surface area (TPSA) is 66.4 Å². The Morgan fingerprint density at radius 3 is 2.40 bits per heavy atom. The quantitative estimate of drug-likeness (QED) is 0.607. The van der Waals surface area contributed by atoms with Crippen LogP contribution in [0.5, 0.6) is 0 Å². The third-order valence-electron chi connectivity index (χ3n) is 10.6. The van der Waals surface area contributed by atoms with E-state index in [1.807, 2.05) is 0 Å². The van der Waals surface area contributed by atoms with E-state index in [1.54, 1.807) is 6.92 Å². The third-order valence-corrected chi connectivity index (χ3v) is 10.6. The lowest BCUT2D eigenvalue weighted by Gasteiger charge is -2.61. The second-order valence-corrected chi connectivity index (χ2v) is 12.0. The van der Waals surface area contributed by atoms with Gasteiger partial charge in [0, 0.05) is 19.4 Å². The van der Waals surface area contributed by atoms with Gasteiger partial charge in [-0.05, 0) is 111 Å². The van der Waals surface area contributed by atoms with Crippen LogP contribution < -0.4 is 5.32 Å². The molecule has 9 atom stereocenters. The van der Waals surface area contributed by atoms with E-state index in [1.165, 1.54) is 51.4 Å². The van der Waals surface area contributed by atoms with Crippen LogP contribution in [-0.4, -0.2) is 23.0 Å². The highest BCUT2D eigenvalue weighted by Gasteiger charge is 2.60. The second kappa shape index (κ2) is 8.13. The number of carbonyl (C=O) groups is 2. The van der Waals surface area contributed by atoms with Crippen LogP contribution in [0.4, 0.5) is 0 Å². The number of aliphatic carboxylic acids is 1. The Bertz CT molecular complexity index is 677. The van der Waals surface area contributed by atoms with Crippen LogP contribution in [0.2, 0.25) is 0 Å². The van der Waals surface area contributed by atoms with Crippen molar-refractivity contribution in [3.63, 3.8) is 0 Å². The molecule has 0 spiro atoms. The van der Waals surface area contributed by atoms with Crippen LogP contribution >= 0.6 is 0 Å². The summed E-state index contributed by atoms with van der Waals surface area (Å²) >= 11 is 0. The monoisotopic (exact) mass is 417 g/mol. The Labute approximate surface area is 183 Å². The number of carboxylic acid groups (broad SMARTS) is 1. The summed E-state index contributed by atoms with van der Waals surface area (Å²) in [6.45, 7) is 9.11. The third kappa shape index (κ3) is 3.71. The molecular weight excluding hydrogens is 374 g/mol. The van der Waals surface area contributed by atoms with Gasteiger partial charge in [-0.2, -0.15) is 0 Å². The van der Waals surface area contributed by atoms with Gasteiger partial charge >= 0.3 is 5.97 Å². The Kier molecular flexibility index (Phi) is 6.00. The van der Waals surface area contributed by atoms with E-state index in [2.05, 4.69) is 26.1 Å². The SMILES string of the molecule is CC(=O)N[C@H]1CCC2(C)C(CC[C@@H]3[C@@H]2CC[C@]2(C)[C@@H]([C@H](C)CCC(=O)O)CC[C@@H]32)C1. The molecule has 0 aliphatic heterocycles. The van der Waals surface area contributed by atoms with Crippen molar-refractivity contribution < 1.29 is 14.7 Å². The smallest absolute Gasteiger partial charge is 0.303 e. The number of rotatable bonds is 5. The first kappa shape index (κ1) is 22.1. The Balaban J connectivity index is 1.47. The maximum Gasteiger partial charge on any atom is 0.303 e. The van der Waals surface area contributed by atoms with Gasteiger partial charge in [-0.1, -0.05) is 20.8 Å². The van der Waals surface area contributed by atoms with E-state index in [9.17, 15) is 9.59 Å². The fourth-order valence-electron chi connectivity index (χ4n) is 9.20. The van der Waals surface area contributed by atoms with Gasteiger partial charge in [0.1, 0.15) is 0 Å². The average Bonchev–Trinajstić information content (AvgIpc) is 3.03. The first-order valence-corrected chi connectivity index (χ1v) is 12.6. The van der Waals surface area contributed by atoms with E-state index in [0.717, 1.165) is 36.5 Å². The van der Waals surface area contributed by atoms with Gasteiger partial charge in [-0.3, -0.25) is 9.59 Å². The largest absolute Gasteiger partial charge is 0.481 e. The number of carboxylic acids is 1. The maximum atomic E-state index is 11.6. The Hall–Kier alpha value is -1.06. The molecule has 1 amide bonds. The van der Waals surface area contributed by atoms with Crippen LogP contribution in [-0.2, 0) is 9.59 Å². The zero-order valence-corrected chi connectivity index (χ0v) is 19.6. The molecule has 0 bridgehead atoms. The molecule has 30 heavy (non-hydrogen) atoms. The number of amides is 1. The minimum Gasteiger partial charge on any atom is -0.481 e. The summed E-state index contributed by atoms with van der Waals surface area (Å²) in [6.07, 6.45) is 12.8. The zero-order valence-electron chi connectivity index (χ0n) is 19.6. The minimum absolute atomic E-state index is 0.125. The van der Waals surface area contributed by atoms with E-state index in [-0.39, 0.29) is 5.91 Å². The maximum absolute atomic E-state index is 11.6. The van der Waals surface area contributed by atoms with Crippen molar-refractivity contribution in [1.29, 1.82) is 0 Å². The van der Waals surface area contributed by atoms with Crippen LogP contribution in [0.15, 0.2) is 0 Å². The molecule has 0 heterocycles. The highest BCUT2D eigenvalue weighted by atomic mass is 16.4. The van der Waals surface area contributed by atoms with Gasteiger partial charge < -0.3 is 10.4 Å². The molecule has 0 saturated heterocycles. The van der Waals surface area contributed by atoms with Crippen molar-refractivity contribution >= 4 is 11.9 Å². The van der Waals surface area contributed by atoms with Crippen molar-refractivity contribution in [3.05, 3.63) is 0 Å². The first-order valence-electron chi connectivity index (χ1n) is 12.6. The van der Waals surface area contributed by atoms with Crippen LogP contribution in [0, 0.1) is 46.3 Å². The lowest BCUT2D eigenvalue weighted by molar-refractivity contribution is -0.137. The number of fused-ring (bicyclic) bond motifs is 5. The Morgan fingerprint density at radius 2 is 1.70 bits per heavy atom. The lowest BCUT2D eigenvalue weighted by atomic mass is 9.44. The molecule has 4 fully saturated rings. The molecule has 0 radical (unpaired) electrons. The molecule has 0 aromatic rings. The predicted molar refractivity (Wildman–Crippen MR) is 119 cm³/mol. The molecule has 170 valence electrons. The molecule has 0 aromatic heterocycles. The summed E-state index contributed by atoms with van der Waals surface area (Å²) in [6, 6.07) is 0.386. The summed E-state index contributed by atoms with van der Waals surface area (Å²) in [4.78, 5) is 22.7. The lowest BCUT2D eigenvalue weighted by Crippen LogP contribution is -2.55. The van der Waals surface area contributed by atoms with Gasteiger partial charge in [0.05, 0.1) is 0 Å². The molecule has 4 aliphatic carbocycles. The van der Waals surface area contributed by atoms with Crippen LogP contribution in [0.3, 0.4) is 0 Å². The molecule has 0 aromatic carbocycles. The highest BCUT2D eigenvalue weighted by Crippen LogP contribution is 2.68. The van der Waals surface area contributed by atoms with Crippen molar-refractivity contribution in [2.24, 2.45) is 46.3 Å². The number of nitrogens with one attached hydrogen (secondary N) is 1. The van der Waals surface area contributed by atoms with E-state index >= 15 is 0 Å². The van der Waals surface area contributed by atoms with E-state index in [0.29, 0.717) is 35.1 Å². The highest BCUT2D eigenvalue weighted by molar-refractivity contribution is 5.73. The van der Waals surface area contributed by atoms with E-state index in [4.69, 9.17) is 5.11 Å².